The summed E-state index contributed by atoms with van der Waals surface area (Å²) in [7, 11) is 0. The Hall–Kier alpha value is -0.510. The third kappa shape index (κ3) is 1.28. The predicted molar refractivity (Wildman–Crippen MR) is 68.1 cm³/mol. The molecule has 0 fully saturated rings. The second kappa shape index (κ2) is 3.26. The Morgan fingerprint density at radius 3 is 3.07 bits per heavy atom. The standard InChI is InChI=1S/C12H12IN/c13-8-5-6-12-10(7-8)9-3-1-2-4-11(9)14-12/h1-4,8,14H,5-7H2. The van der Waals surface area contributed by atoms with Crippen LogP contribution in [-0.2, 0) is 12.8 Å². The summed E-state index contributed by atoms with van der Waals surface area (Å²) in [4.78, 5) is 3.53. The van der Waals surface area contributed by atoms with Crippen molar-refractivity contribution in [3.8, 4) is 0 Å². The van der Waals surface area contributed by atoms with E-state index in [1.165, 1.54) is 35.9 Å². The van der Waals surface area contributed by atoms with E-state index >= 15 is 0 Å². The second-order valence-electron chi connectivity index (χ2n) is 3.97. The Balaban J connectivity index is 2.25. The van der Waals surface area contributed by atoms with Gasteiger partial charge in [-0.25, -0.2) is 0 Å². The van der Waals surface area contributed by atoms with Crippen LogP contribution in [0.1, 0.15) is 17.7 Å². The van der Waals surface area contributed by atoms with Gasteiger partial charge in [0.15, 0.2) is 0 Å². The molecule has 1 unspecified atom stereocenters. The zero-order valence-corrected chi connectivity index (χ0v) is 10.0. The van der Waals surface area contributed by atoms with Crippen LogP contribution in [-0.4, -0.2) is 8.91 Å². The molecule has 1 aliphatic carbocycles. The fraction of sp³-hybridized carbons (Fsp3) is 0.333. The van der Waals surface area contributed by atoms with Crippen molar-refractivity contribution in [3.63, 3.8) is 0 Å². The van der Waals surface area contributed by atoms with Gasteiger partial charge in [0.2, 0.25) is 0 Å². The molecule has 2 aromatic rings. The highest BCUT2D eigenvalue weighted by Gasteiger charge is 2.19. The van der Waals surface area contributed by atoms with Crippen molar-refractivity contribution in [2.45, 2.75) is 23.2 Å². The molecule has 1 aromatic carbocycles. The summed E-state index contributed by atoms with van der Waals surface area (Å²) in [5, 5.41) is 1.43. The number of H-pyrrole nitrogens is 1. The largest absolute Gasteiger partial charge is 0.358 e. The van der Waals surface area contributed by atoms with Gasteiger partial charge in [-0.3, -0.25) is 0 Å². The minimum Gasteiger partial charge on any atom is -0.358 e. The van der Waals surface area contributed by atoms with E-state index < -0.39 is 0 Å². The molecular formula is C12H12IN. The Bertz CT molecular complexity index is 472. The number of alkyl halides is 1. The highest BCUT2D eigenvalue weighted by molar-refractivity contribution is 14.1. The number of nitrogens with one attached hydrogen (secondary N) is 1. The van der Waals surface area contributed by atoms with Crippen LogP contribution in [0.25, 0.3) is 10.9 Å². The third-order valence-corrected chi connectivity index (χ3v) is 4.10. The smallest absolute Gasteiger partial charge is 0.0458 e. The number of halogens is 1. The molecule has 1 heterocycles. The van der Waals surface area contributed by atoms with Gasteiger partial charge < -0.3 is 4.98 Å². The zero-order chi connectivity index (χ0) is 9.54. The Morgan fingerprint density at radius 1 is 1.29 bits per heavy atom. The number of aromatic nitrogens is 1. The molecule has 0 radical (unpaired) electrons. The van der Waals surface area contributed by atoms with E-state index in [9.17, 15) is 0 Å². The number of aryl methyl sites for hydroxylation is 1. The lowest BCUT2D eigenvalue weighted by atomic mass is 9.96. The molecule has 0 amide bonds. The van der Waals surface area contributed by atoms with Crippen molar-refractivity contribution in [2.75, 3.05) is 0 Å². The lowest BCUT2D eigenvalue weighted by molar-refractivity contribution is 0.716. The molecule has 14 heavy (non-hydrogen) atoms. The molecule has 72 valence electrons. The topological polar surface area (TPSA) is 15.8 Å². The first-order chi connectivity index (χ1) is 6.84. The second-order valence-corrected chi connectivity index (χ2v) is 5.73. The molecule has 3 rings (SSSR count). The number of para-hydroxylation sites is 1. The molecule has 0 saturated carbocycles. The van der Waals surface area contributed by atoms with E-state index in [2.05, 4.69) is 51.8 Å². The van der Waals surface area contributed by atoms with Crippen molar-refractivity contribution in [1.29, 1.82) is 0 Å². The maximum atomic E-state index is 3.53. The maximum absolute atomic E-state index is 3.53. The zero-order valence-electron chi connectivity index (χ0n) is 7.89. The summed E-state index contributed by atoms with van der Waals surface area (Å²) >= 11 is 2.57. The Kier molecular flexibility index (Phi) is 2.04. The van der Waals surface area contributed by atoms with Crippen LogP contribution in [0.2, 0.25) is 0 Å². The van der Waals surface area contributed by atoms with Gasteiger partial charge in [0.1, 0.15) is 0 Å². The lowest BCUT2D eigenvalue weighted by Gasteiger charge is -2.16. The Labute approximate surface area is 97.0 Å². The SMILES string of the molecule is IC1CCc2[nH]c3ccccc3c2C1. The van der Waals surface area contributed by atoms with Crippen LogP contribution in [0.4, 0.5) is 0 Å². The summed E-state index contributed by atoms with van der Waals surface area (Å²) in [5.41, 5.74) is 4.34. The molecule has 0 bridgehead atoms. The third-order valence-electron chi connectivity index (χ3n) is 3.04. The van der Waals surface area contributed by atoms with Crippen LogP contribution < -0.4 is 0 Å². The van der Waals surface area contributed by atoms with Crippen molar-refractivity contribution >= 4 is 33.5 Å². The van der Waals surface area contributed by atoms with E-state index in [0.717, 1.165) is 3.92 Å². The fourth-order valence-electron chi connectivity index (χ4n) is 2.33. The van der Waals surface area contributed by atoms with Crippen molar-refractivity contribution in [3.05, 3.63) is 35.5 Å². The summed E-state index contributed by atoms with van der Waals surface area (Å²) in [6, 6.07) is 8.65. The van der Waals surface area contributed by atoms with Crippen molar-refractivity contribution < 1.29 is 0 Å². The minimum atomic E-state index is 0.819. The normalized spacial score (nSPS) is 21.1. The molecule has 1 aliphatic rings. The van der Waals surface area contributed by atoms with Crippen LogP contribution in [0.3, 0.4) is 0 Å². The summed E-state index contributed by atoms with van der Waals surface area (Å²) in [5.74, 6) is 0. The Morgan fingerprint density at radius 2 is 2.14 bits per heavy atom. The number of hydrogen-bond donors (Lipinski definition) is 1. The summed E-state index contributed by atoms with van der Waals surface area (Å²) in [6.45, 7) is 0. The molecule has 0 saturated heterocycles. The van der Waals surface area contributed by atoms with Gasteiger partial charge in [-0.15, -0.1) is 0 Å². The van der Waals surface area contributed by atoms with Gasteiger partial charge in [-0.2, -0.15) is 0 Å². The molecule has 0 aliphatic heterocycles. The molecule has 1 nitrogen and oxygen atoms in total. The van der Waals surface area contributed by atoms with Gasteiger partial charge in [0.25, 0.3) is 0 Å². The first kappa shape index (κ1) is 8.77. The molecule has 0 spiro atoms. The van der Waals surface area contributed by atoms with Gasteiger partial charge in [0.05, 0.1) is 0 Å². The van der Waals surface area contributed by atoms with Gasteiger partial charge in [-0.1, -0.05) is 40.8 Å². The van der Waals surface area contributed by atoms with E-state index in [4.69, 9.17) is 0 Å². The average Bonchev–Trinajstić information content (AvgIpc) is 2.56. The van der Waals surface area contributed by atoms with Gasteiger partial charge in [-0.05, 0) is 30.9 Å². The van der Waals surface area contributed by atoms with E-state index in [0.29, 0.717) is 0 Å². The number of fused-ring (bicyclic) bond motifs is 3. The van der Waals surface area contributed by atoms with Crippen molar-refractivity contribution in [1.82, 2.24) is 4.98 Å². The predicted octanol–water partition coefficient (Wildman–Crippen LogP) is 3.46. The molecule has 1 atom stereocenters. The highest BCUT2D eigenvalue weighted by atomic mass is 127. The number of rotatable bonds is 0. The van der Waals surface area contributed by atoms with E-state index in [1.54, 1.807) is 5.56 Å². The van der Waals surface area contributed by atoms with Crippen molar-refractivity contribution in [2.24, 2.45) is 0 Å². The monoisotopic (exact) mass is 297 g/mol. The van der Waals surface area contributed by atoms with Crippen LogP contribution in [0.15, 0.2) is 24.3 Å². The van der Waals surface area contributed by atoms with Crippen LogP contribution in [0.5, 0.6) is 0 Å². The molecule has 1 aromatic heterocycles. The number of hydrogen-bond acceptors (Lipinski definition) is 0. The maximum Gasteiger partial charge on any atom is 0.0458 e. The summed E-state index contributed by atoms with van der Waals surface area (Å²) < 4.78 is 0.819. The van der Waals surface area contributed by atoms with E-state index in [1.807, 2.05) is 0 Å². The first-order valence-electron chi connectivity index (χ1n) is 5.07. The number of benzene rings is 1. The van der Waals surface area contributed by atoms with Gasteiger partial charge >= 0.3 is 0 Å². The van der Waals surface area contributed by atoms with Gasteiger partial charge in [0, 0.05) is 20.5 Å². The van der Waals surface area contributed by atoms with E-state index in [-0.39, 0.29) is 0 Å². The first-order valence-corrected chi connectivity index (χ1v) is 6.31. The summed E-state index contributed by atoms with van der Waals surface area (Å²) in [6.07, 6.45) is 3.78. The average molecular weight is 297 g/mol. The van der Waals surface area contributed by atoms with Crippen LogP contribution >= 0.6 is 22.6 Å². The minimum absolute atomic E-state index is 0.819. The highest BCUT2D eigenvalue weighted by Crippen LogP contribution is 2.31. The van der Waals surface area contributed by atoms with Crippen LogP contribution in [0, 0.1) is 0 Å². The lowest BCUT2D eigenvalue weighted by Crippen LogP contribution is -2.12. The molecule has 1 N–H and O–H groups in total. The quantitative estimate of drug-likeness (QED) is 0.566. The molecule has 2 heteroatoms. The number of aromatic amines is 1. The fourth-order valence-corrected chi connectivity index (χ4v) is 3.08. The molecular weight excluding hydrogens is 285 g/mol.